The maximum absolute atomic E-state index is 11.6. The Bertz CT molecular complexity index is 1040. The Morgan fingerprint density at radius 3 is 1.73 bits per heavy atom. The fourth-order valence-corrected chi connectivity index (χ4v) is 5.09. The lowest BCUT2D eigenvalue weighted by Gasteiger charge is -2.19. The lowest BCUT2D eigenvalue weighted by atomic mass is 9.85. The molecular weight excluding hydrogens is 392 g/mol. The molecule has 0 aliphatic rings. The molecule has 0 unspecified atom stereocenters. The second-order valence-corrected chi connectivity index (χ2v) is 8.49. The van der Waals surface area contributed by atoms with Gasteiger partial charge in [0.05, 0.1) is 10.4 Å². The van der Waals surface area contributed by atoms with Crippen LogP contribution in [0.1, 0.15) is 70.0 Å². The maximum atomic E-state index is 11.6. The second kappa shape index (κ2) is 9.40. The second-order valence-electron chi connectivity index (χ2n) is 7.38. The van der Waals surface area contributed by atoms with E-state index in [1.54, 1.807) is 0 Å². The first-order valence-electron chi connectivity index (χ1n) is 10.6. The maximum Gasteiger partial charge on any atom is 0.335 e. The number of thiophene rings is 1. The summed E-state index contributed by atoms with van der Waals surface area (Å²) in [6.45, 7) is 8.47. The first-order valence-corrected chi connectivity index (χ1v) is 11.4. The molecule has 1 aromatic heterocycles. The summed E-state index contributed by atoms with van der Waals surface area (Å²) in [6, 6.07) is 12.1. The molecule has 1 N–H and O–H groups in total. The predicted octanol–water partition coefficient (Wildman–Crippen LogP) is 6.84. The van der Waals surface area contributed by atoms with Crippen LogP contribution >= 0.6 is 11.3 Å². The van der Waals surface area contributed by atoms with E-state index in [1.165, 1.54) is 33.6 Å². The van der Waals surface area contributed by atoms with Gasteiger partial charge in [0, 0.05) is 4.88 Å². The molecular formula is C26H28O3S. The zero-order valence-corrected chi connectivity index (χ0v) is 18.9. The van der Waals surface area contributed by atoms with Crippen LogP contribution in [0.2, 0.25) is 0 Å². The minimum Gasteiger partial charge on any atom is -0.478 e. The van der Waals surface area contributed by atoms with E-state index in [0.29, 0.717) is 5.56 Å². The molecule has 156 valence electrons. The number of rotatable bonds is 8. The molecule has 0 saturated heterocycles. The van der Waals surface area contributed by atoms with Crippen LogP contribution in [-0.4, -0.2) is 17.4 Å². The van der Waals surface area contributed by atoms with Crippen LogP contribution in [0.4, 0.5) is 0 Å². The highest BCUT2D eigenvalue weighted by atomic mass is 32.1. The lowest BCUT2D eigenvalue weighted by molar-refractivity contribution is 0.0696. The van der Waals surface area contributed by atoms with E-state index in [0.717, 1.165) is 58.4 Å². The minimum atomic E-state index is -0.881. The molecule has 1 heterocycles. The molecule has 0 radical (unpaired) electrons. The number of aromatic carboxylic acids is 1. The van der Waals surface area contributed by atoms with E-state index in [-0.39, 0.29) is 0 Å². The molecule has 0 aliphatic heterocycles. The third-order valence-electron chi connectivity index (χ3n) is 5.65. The van der Waals surface area contributed by atoms with Crippen molar-refractivity contribution in [2.75, 3.05) is 0 Å². The lowest BCUT2D eigenvalue weighted by Crippen LogP contribution is -2.04. The SMILES string of the molecule is CCc1cc(C(=O)O)cc(CC)c1-c1cc(CC)c(-c2ccc(C=O)s2)c(CC)c1. The van der Waals surface area contributed by atoms with Crippen LogP contribution in [-0.2, 0) is 25.7 Å². The Labute approximate surface area is 182 Å². The third kappa shape index (κ3) is 4.10. The van der Waals surface area contributed by atoms with E-state index in [2.05, 4.69) is 39.8 Å². The van der Waals surface area contributed by atoms with Gasteiger partial charge >= 0.3 is 5.97 Å². The number of benzene rings is 2. The molecule has 0 spiro atoms. The normalized spacial score (nSPS) is 10.9. The van der Waals surface area contributed by atoms with Crippen molar-refractivity contribution in [3.05, 3.63) is 69.1 Å². The summed E-state index contributed by atoms with van der Waals surface area (Å²) in [5.74, 6) is -0.881. The fraction of sp³-hybridized carbons (Fsp3) is 0.308. The zero-order chi connectivity index (χ0) is 21.8. The van der Waals surface area contributed by atoms with Gasteiger partial charge in [0.15, 0.2) is 6.29 Å². The summed E-state index contributed by atoms with van der Waals surface area (Å²) >= 11 is 1.53. The Balaban J connectivity index is 2.28. The summed E-state index contributed by atoms with van der Waals surface area (Å²) < 4.78 is 0. The zero-order valence-electron chi connectivity index (χ0n) is 18.0. The standard InChI is InChI=1S/C26H28O3S/c1-5-16-13-21(26(28)29)14-17(6-2)24(16)20-11-18(7-3)25(19(8-4)12-20)23-10-9-22(15-27)30-23/h9-15H,5-8H2,1-4H3,(H,28,29). The predicted molar refractivity (Wildman–Crippen MR) is 125 cm³/mol. The molecule has 4 heteroatoms. The van der Waals surface area contributed by atoms with Crippen LogP contribution in [0.25, 0.3) is 21.6 Å². The molecule has 3 rings (SSSR count). The van der Waals surface area contributed by atoms with Gasteiger partial charge in [-0.1, -0.05) is 39.8 Å². The van der Waals surface area contributed by atoms with E-state index < -0.39 is 5.97 Å². The number of carboxylic acid groups (broad SMARTS) is 1. The number of aldehydes is 1. The Morgan fingerprint density at radius 2 is 1.33 bits per heavy atom. The van der Waals surface area contributed by atoms with Crippen LogP contribution in [0.3, 0.4) is 0 Å². The van der Waals surface area contributed by atoms with Crippen LogP contribution in [0.5, 0.6) is 0 Å². The number of aryl methyl sites for hydroxylation is 4. The number of carbonyl (C=O) groups excluding carboxylic acids is 1. The van der Waals surface area contributed by atoms with Crippen molar-refractivity contribution in [2.24, 2.45) is 0 Å². The highest BCUT2D eigenvalue weighted by Gasteiger charge is 2.18. The molecule has 0 amide bonds. The molecule has 0 fully saturated rings. The van der Waals surface area contributed by atoms with Gasteiger partial charge in [-0.05, 0) is 88.9 Å². The summed E-state index contributed by atoms with van der Waals surface area (Å²) in [5, 5.41) is 9.51. The quantitative estimate of drug-likeness (QED) is 0.406. The van der Waals surface area contributed by atoms with Gasteiger partial charge in [-0.2, -0.15) is 0 Å². The van der Waals surface area contributed by atoms with Crippen molar-refractivity contribution in [3.63, 3.8) is 0 Å². The van der Waals surface area contributed by atoms with Crippen molar-refractivity contribution >= 4 is 23.6 Å². The summed E-state index contributed by atoms with van der Waals surface area (Å²) in [7, 11) is 0. The first kappa shape index (κ1) is 22.0. The van der Waals surface area contributed by atoms with Gasteiger partial charge < -0.3 is 5.11 Å². The molecule has 2 aromatic carbocycles. The van der Waals surface area contributed by atoms with Gasteiger partial charge in [-0.3, -0.25) is 4.79 Å². The number of carbonyl (C=O) groups is 2. The summed E-state index contributed by atoms with van der Waals surface area (Å²) in [6.07, 6.45) is 4.25. The average Bonchev–Trinajstić information content (AvgIpc) is 3.25. The van der Waals surface area contributed by atoms with Gasteiger partial charge in [-0.15, -0.1) is 11.3 Å². The Hall–Kier alpha value is -2.72. The Morgan fingerprint density at radius 1 is 0.833 bits per heavy atom. The smallest absolute Gasteiger partial charge is 0.335 e. The fourth-order valence-electron chi connectivity index (χ4n) is 4.16. The molecule has 0 bridgehead atoms. The monoisotopic (exact) mass is 420 g/mol. The largest absolute Gasteiger partial charge is 0.478 e. The summed E-state index contributed by atoms with van der Waals surface area (Å²) in [4.78, 5) is 24.6. The average molecular weight is 421 g/mol. The third-order valence-corrected chi connectivity index (χ3v) is 6.68. The highest BCUT2D eigenvalue weighted by Crippen LogP contribution is 2.39. The highest BCUT2D eigenvalue weighted by molar-refractivity contribution is 7.17. The van der Waals surface area contributed by atoms with Crippen molar-refractivity contribution < 1.29 is 14.7 Å². The molecule has 3 nitrogen and oxygen atoms in total. The van der Waals surface area contributed by atoms with E-state index in [4.69, 9.17) is 0 Å². The molecule has 0 saturated carbocycles. The van der Waals surface area contributed by atoms with Gasteiger partial charge in [0.1, 0.15) is 0 Å². The first-order chi connectivity index (χ1) is 14.5. The van der Waals surface area contributed by atoms with Crippen LogP contribution < -0.4 is 0 Å². The van der Waals surface area contributed by atoms with Crippen molar-refractivity contribution in [1.82, 2.24) is 0 Å². The van der Waals surface area contributed by atoms with Crippen LogP contribution in [0, 0.1) is 0 Å². The summed E-state index contributed by atoms with van der Waals surface area (Å²) in [5.41, 5.74) is 8.58. The number of carboxylic acids is 1. The van der Waals surface area contributed by atoms with Crippen molar-refractivity contribution in [1.29, 1.82) is 0 Å². The van der Waals surface area contributed by atoms with Crippen molar-refractivity contribution in [3.8, 4) is 21.6 Å². The minimum absolute atomic E-state index is 0.357. The van der Waals surface area contributed by atoms with Crippen molar-refractivity contribution in [2.45, 2.75) is 53.4 Å². The molecule has 3 aromatic rings. The van der Waals surface area contributed by atoms with E-state index in [9.17, 15) is 14.7 Å². The van der Waals surface area contributed by atoms with Crippen LogP contribution in [0.15, 0.2) is 36.4 Å². The number of hydrogen-bond acceptors (Lipinski definition) is 3. The van der Waals surface area contributed by atoms with Gasteiger partial charge in [-0.25, -0.2) is 4.79 Å². The number of hydrogen-bond donors (Lipinski definition) is 1. The van der Waals surface area contributed by atoms with E-state index >= 15 is 0 Å². The molecule has 0 atom stereocenters. The molecule has 0 aliphatic carbocycles. The Kier molecular flexibility index (Phi) is 6.88. The topological polar surface area (TPSA) is 54.4 Å². The molecule has 30 heavy (non-hydrogen) atoms. The van der Waals surface area contributed by atoms with E-state index in [1.807, 2.05) is 24.3 Å². The van der Waals surface area contributed by atoms with Gasteiger partial charge in [0.2, 0.25) is 0 Å². The van der Waals surface area contributed by atoms with Gasteiger partial charge in [0.25, 0.3) is 0 Å².